The summed E-state index contributed by atoms with van der Waals surface area (Å²) in [5.74, 6) is 0.741. The molecule has 0 bridgehead atoms. The molecular weight excluding hydrogens is 400 g/mol. The Labute approximate surface area is 169 Å². The van der Waals surface area contributed by atoms with Gasteiger partial charge >= 0.3 is 5.97 Å². The largest absolute Gasteiger partial charge is 0.497 e. The highest BCUT2D eigenvalue weighted by atomic mass is 35.5. The van der Waals surface area contributed by atoms with Crippen molar-refractivity contribution in [2.45, 2.75) is 13.0 Å². The van der Waals surface area contributed by atoms with Crippen LogP contribution in [-0.4, -0.2) is 23.3 Å². The quantitative estimate of drug-likeness (QED) is 0.399. The molecule has 0 saturated heterocycles. The molecule has 0 saturated carbocycles. The van der Waals surface area contributed by atoms with Gasteiger partial charge in [0, 0.05) is 15.6 Å². The van der Waals surface area contributed by atoms with Crippen LogP contribution in [0, 0.1) is 0 Å². The second-order valence-corrected chi connectivity index (χ2v) is 7.39. The third-order valence-corrected chi connectivity index (χ3v) is 5.78. The number of esters is 1. The SMILES string of the molecule is COc1ccc(-c2nnc([C@@H](C)OC(=O)c3sc4ccccc4c3Cl)o2)cc1. The Bertz CT molecular complexity index is 1140. The Kier molecular flexibility index (Phi) is 5.02. The lowest BCUT2D eigenvalue weighted by atomic mass is 10.2. The third kappa shape index (κ3) is 3.46. The minimum atomic E-state index is -0.715. The molecule has 0 aliphatic heterocycles. The van der Waals surface area contributed by atoms with Gasteiger partial charge in [0.2, 0.25) is 5.89 Å². The summed E-state index contributed by atoms with van der Waals surface area (Å²) in [5, 5.41) is 9.23. The number of nitrogens with zero attached hydrogens (tertiary/aromatic N) is 2. The van der Waals surface area contributed by atoms with Gasteiger partial charge < -0.3 is 13.9 Å². The first-order chi connectivity index (χ1) is 13.6. The second kappa shape index (κ2) is 7.61. The molecule has 8 heteroatoms. The van der Waals surface area contributed by atoms with Crippen molar-refractivity contribution in [3.05, 3.63) is 64.3 Å². The normalized spacial score (nSPS) is 12.1. The molecule has 2 aromatic heterocycles. The van der Waals surface area contributed by atoms with Gasteiger partial charge in [-0.25, -0.2) is 4.79 Å². The minimum absolute atomic E-state index is 0.205. The van der Waals surface area contributed by atoms with Crippen molar-refractivity contribution in [2.24, 2.45) is 0 Å². The summed E-state index contributed by atoms with van der Waals surface area (Å²) in [7, 11) is 1.60. The van der Waals surface area contributed by atoms with Crippen LogP contribution in [0.3, 0.4) is 0 Å². The van der Waals surface area contributed by atoms with E-state index in [1.54, 1.807) is 26.2 Å². The monoisotopic (exact) mass is 414 g/mol. The molecule has 1 atom stereocenters. The number of benzene rings is 2. The number of aromatic nitrogens is 2. The predicted molar refractivity (Wildman–Crippen MR) is 107 cm³/mol. The molecule has 28 heavy (non-hydrogen) atoms. The van der Waals surface area contributed by atoms with Gasteiger partial charge in [-0.05, 0) is 37.3 Å². The smallest absolute Gasteiger partial charge is 0.350 e. The number of hydrogen-bond acceptors (Lipinski definition) is 7. The Morgan fingerprint density at radius 3 is 2.61 bits per heavy atom. The van der Waals surface area contributed by atoms with Crippen LogP contribution in [0.2, 0.25) is 5.02 Å². The molecule has 0 amide bonds. The molecule has 2 heterocycles. The molecule has 0 N–H and O–H groups in total. The van der Waals surface area contributed by atoms with Gasteiger partial charge in [0.15, 0.2) is 6.10 Å². The van der Waals surface area contributed by atoms with Gasteiger partial charge in [-0.3, -0.25) is 0 Å². The molecular formula is C20H15ClN2O4S. The van der Waals surface area contributed by atoms with Crippen LogP contribution < -0.4 is 4.74 Å². The van der Waals surface area contributed by atoms with Crippen molar-refractivity contribution >= 4 is 39.0 Å². The fourth-order valence-corrected chi connectivity index (χ4v) is 4.05. The second-order valence-electron chi connectivity index (χ2n) is 5.96. The van der Waals surface area contributed by atoms with Crippen LogP contribution in [0.15, 0.2) is 52.9 Å². The topological polar surface area (TPSA) is 74.5 Å². The van der Waals surface area contributed by atoms with E-state index in [-0.39, 0.29) is 5.89 Å². The van der Waals surface area contributed by atoms with E-state index in [1.165, 1.54) is 11.3 Å². The fraction of sp³-hybridized carbons (Fsp3) is 0.150. The van der Waals surface area contributed by atoms with E-state index in [1.807, 2.05) is 36.4 Å². The number of ether oxygens (including phenoxy) is 2. The van der Waals surface area contributed by atoms with Gasteiger partial charge in [-0.1, -0.05) is 29.8 Å². The lowest BCUT2D eigenvalue weighted by Crippen LogP contribution is -2.08. The summed E-state index contributed by atoms with van der Waals surface area (Å²) < 4.78 is 17.2. The number of thiophene rings is 1. The summed E-state index contributed by atoms with van der Waals surface area (Å²) in [5.41, 5.74) is 0.741. The van der Waals surface area contributed by atoms with Crippen LogP contribution in [0.5, 0.6) is 5.75 Å². The maximum Gasteiger partial charge on any atom is 0.350 e. The van der Waals surface area contributed by atoms with Gasteiger partial charge in [-0.15, -0.1) is 21.5 Å². The van der Waals surface area contributed by atoms with Crippen LogP contribution in [-0.2, 0) is 4.74 Å². The Morgan fingerprint density at radius 2 is 1.89 bits per heavy atom. The molecule has 2 aromatic carbocycles. The highest BCUT2D eigenvalue weighted by Crippen LogP contribution is 2.36. The van der Waals surface area contributed by atoms with Crippen molar-refractivity contribution < 1.29 is 18.7 Å². The molecule has 0 aliphatic rings. The minimum Gasteiger partial charge on any atom is -0.497 e. The zero-order chi connectivity index (χ0) is 19.7. The van der Waals surface area contributed by atoms with E-state index in [4.69, 9.17) is 25.5 Å². The van der Waals surface area contributed by atoms with Crippen LogP contribution in [0.4, 0.5) is 0 Å². The Balaban J connectivity index is 1.51. The fourth-order valence-electron chi connectivity index (χ4n) is 2.66. The standard InChI is InChI=1S/C20H15ClN2O4S/c1-11(18-22-23-19(27-18)12-7-9-13(25-2)10-8-12)26-20(24)17-16(21)14-5-3-4-6-15(14)28-17/h3-11H,1-2H3/t11-/m1/s1. The molecule has 4 rings (SSSR count). The average molecular weight is 415 g/mol. The van der Waals surface area contributed by atoms with E-state index in [9.17, 15) is 4.79 Å². The number of halogens is 1. The first kappa shape index (κ1) is 18.5. The molecule has 142 valence electrons. The summed E-state index contributed by atoms with van der Waals surface area (Å²) >= 11 is 7.63. The van der Waals surface area contributed by atoms with E-state index in [2.05, 4.69) is 10.2 Å². The molecule has 0 spiro atoms. The third-order valence-electron chi connectivity index (χ3n) is 4.13. The first-order valence-corrected chi connectivity index (χ1v) is 9.62. The van der Waals surface area contributed by atoms with E-state index in [0.717, 1.165) is 21.4 Å². The lowest BCUT2D eigenvalue weighted by molar-refractivity contribution is 0.0286. The van der Waals surface area contributed by atoms with E-state index in [0.29, 0.717) is 15.8 Å². The maximum atomic E-state index is 12.6. The van der Waals surface area contributed by atoms with Gasteiger partial charge in [0.1, 0.15) is 10.6 Å². The summed E-state index contributed by atoms with van der Waals surface area (Å²) in [6.07, 6.45) is -0.715. The average Bonchev–Trinajstić information content (AvgIpc) is 3.34. The Morgan fingerprint density at radius 1 is 1.14 bits per heavy atom. The number of hydrogen-bond donors (Lipinski definition) is 0. The highest BCUT2D eigenvalue weighted by molar-refractivity contribution is 7.21. The van der Waals surface area contributed by atoms with Gasteiger partial charge in [0.05, 0.1) is 12.1 Å². The Hall–Kier alpha value is -2.90. The maximum absolute atomic E-state index is 12.6. The summed E-state index contributed by atoms with van der Waals surface area (Å²) in [6, 6.07) is 14.8. The lowest BCUT2D eigenvalue weighted by Gasteiger charge is -2.08. The molecule has 0 radical (unpaired) electrons. The number of carbonyl (C=O) groups is 1. The van der Waals surface area contributed by atoms with Crippen LogP contribution >= 0.6 is 22.9 Å². The number of fused-ring (bicyclic) bond motifs is 1. The van der Waals surface area contributed by atoms with Gasteiger partial charge in [-0.2, -0.15) is 0 Å². The molecule has 6 nitrogen and oxygen atoms in total. The number of carbonyl (C=O) groups excluding carboxylic acids is 1. The summed E-state index contributed by atoms with van der Waals surface area (Å²) in [6.45, 7) is 1.67. The molecule has 4 aromatic rings. The zero-order valence-electron chi connectivity index (χ0n) is 15.0. The highest BCUT2D eigenvalue weighted by Gasteiger charge is 2.24. The first-order valence-electron chi connectivity index (χ1n) is 8.42. The van der Waals surface area contributed by atoms with Crippen LogP contribution in [0.1, 0.15) is 28.6 Å². The van der Waals surface area contributed by atoms with Crippen molar-refractivity contribution in [3.63, 3.8) is 0 Å². The molecule has 0 unspecified atom stereocenters. The van der Waals surface area contributed by atoms with Crippen molar-refractivity contribution in [3.8, 4) is 17.2 Å². The number of methoxy groups -OCH3 is 1. The summed E-state index contributed by atoms with van der Waals surface area (Å²) in [4.78, 5) is 12.9. The predicted octanol–water partition coefficient (Wildman–Crippen LogP) is 5.53. The van der Waals surface area contributed by atoms with Crippen molar-refractivity contribution in [1.82, 2.24) is 10.2 Å². The zero-order valence-corrected chi connectivity index (χ0v) is 16.6. The van der Waals surface area contributed by atoms with Crippen LogP contribution in [0.25, 0.3) is 21.5 Å². The number of rotatable bonds is 5. The van der Waals surface area contributed by atoms with Gasteiger partial charge in [0.25, 0.3) is 5.89 Å². The molecule has 0 fully saturated rings. The van der Waals surface area contributed by atoms with Crippen molar-refractivity contribution in [1.29, 1.82) is 0 Å². The van der Waals surface area contributed by atoms with Crippen molar-refractivity contribution in [2.75, 3.05) is 7.11 Å². The molecule has 0 aliphatic carbocycles. The van der Waals surface area contributed by atoms with E-state index < -0.39 is 12.1 Å². The van der Waals surface area contributed by atoms with E-state index >= 15 is 0 Å².